The number of fused-ring (bicyclic) bond motifs is 3. The summed E-state index contributed by atoms with van der Waals surface area (Å²) >= 11 is 0. The summed E-state index contributed by atoms with van der Waals surface area (Å²) in [6, 6.07) is 2.29. The first kappa shape index (κ1) is 16.2. The molecule has 1 fully saturated rings. The van der Waals surface area contributed by atoms with E-state index in [1.165, 1.54) is 22.2 Å². The lowest BCUT2D eigenvalue weighted by Crippen LogP contribution is -2.39. The Labute approximate surface area is 146 Å². The molecule has 0 bridgehead atoms. The monoisotopic (exact) mass is 346 g/mol. The van der Waals surface area contributed by atoms with Crippen LogP contribution in [0.15, 0.2) is 12.3 Å². The number of hydrogen-bond acceptors (Lipinski definition) is 4. The zero-order valence-electron chi connectivity index (χ0n) is 14.6. The molecular weight excluding hydrogens is 320 g/mol. The van der Waals surface area contributed by atoms with Gasteiger partial charge >= 0.3 is 0 Å². The minimum Gasteiger partial charge on any atom is -0.328 e. The number of nitrogens with zero attached hydrogens (tertiary/aromatic N) is 4. The van der Waals surface area contributed by atoms with Gasteiger partial charge in [0.1, 0.15) is 5.65 Å². The van der Waals surface area contributed by atoms with Gasteiger partial charge in [-0.3, -0.25) is 9.11 Å². The Bertz CT molecular complexity index is 775. The van der Waals surface area contributed by atoms with E-state index in [0.29, 0.717) is 0 Å². The summed E-state index contributed by atoms with van der Waals surface area (Å²) < 4.78 is 14.0. The summed E-state index contributed by atoms with van der Waals surface area (Å²) in [6.45, 7) is 8.19. The molecule has 2 aliphatic rings. The van der Waals surface area contributed by atoms with Crippen LogP contribution in [0.3, 0.4) is 0 Å². The van der Waals surface area contributed by atoms with Gasteiger partial charge in [-0.2, -0.15) is 0 Å². The van der Waals surface area contributed by atoms with Gasteiger partial charge in [0.25, 0.3) is 0 Å². The quantitative estimate of drug-likeness (QED) is 0.842. The fourth-order valence-corrected chi connectivity index (χ4v) is 5.06. The number of pyridine rings is 1. The van der Waals surface area contributed by atoms with E-state index < -0.39 is 10.8 Å². The van der Waals surface area contributed by atoms with Crippen molar-refractivity contribution in [1.29, 1.82) is 0 Å². The number of aryl methyl sites for hydroxylation is 1. The second-order valence-corrected chi connectivity index (χ2v) is 8.83. The van der Waals surface area contributed by atoms with Crippen LogP contribution >= 0.6 is 0 Å². The van der Waals surface area contributed by atoms with Crippen LogP contribution in [-0.4, -0.2) is 68.3 Å². The van der Waals surface area contributed by atoms with E-state index in [-0.39, 0.29) is 0 Å². The molecule has 2 aromatic rings. The molecular formula is C18H26N4OS. The predicted octanol–water partition coefficient (Wildman–Crippen LogP) is 1.40. The van der Waals surface area contributed by atoms with E-state index in [2.05, 4.69) is 34.4 Å². The van der Waals surface area contributed by atoms with E-state index in [9.17, 15) is 4.21 Å². The third-order valence-electron chi connectivity index (χ3n) is 5.33. The lowest BCUT2D eigenvalue weighted by molar-refractivity contribution is 0.280. The predicted molar refractivity (Wildman–Crippen MR) is 98.8 cm³/mol. The molecule has 5 nitrogen and oxygen atoms in total. The summed E-state index contributed by atoms with van der Waals surface area (Å²) in [5.41, 5.74) is 5.31. The summed E-state index contributed by atoms with van der Waals surface area (Å²) in [4.78, 5) is 9.61. The Morgan fingerprint density at radius 1 is 1.21 bits per heavy atom. The third-order valence-corrected chi connectivity index (χ3v) is 6.60. The van der Waals surface area contributed by atoms with Crippen LogP contribution in [0.4, 0.5) is 0 Å². The standard InChI is InChI=1S/C18H26N4OS/c1-14-11-15-16-13-20(2)4-3-17(16)22(18(15)19-12-14)6-5-21-7-9-24(23)10-8-21/h11-12H,3-10,13H2,1-2H3. The van der Waals surface area contributed by atoms with Gasteiger partial charge in [-0.1, -0.05) is 0 Å². The van der Waals surface area contributed by atoms with Gasteiger partial charge in [-0.15, -0.1) is 0 Å². The topological polar surface area (TPSA) is 41.4 Å². The second-order valence-electron chi connectivity index (χ2n) is 7.14. The largest absolute Gasteiger partial charge is 0.328 e. The third kappa shape index (κ3) is 3.03. The molecule has 6 heteroatoms. The molecule has 0 aliphatic carbocycles. The van der Waals surface area contributed by atoms with Gasteiger partial charge in [0.15, 0.2) is 0 Å². The molecule has 0 aromatic carbocycles. The Balaban J connectivity index is 1.63. The summed E-state index contributed by atoms with van der Waals surface area (Å²) in [7, 11) is 1.60. The van der Waals surface area contributed by atoms with Crippen molar-refractivity contribution in [3.05, 3.63) is 29.1 Å². The minimum atomic E-state index is -0.598. The minimum absolute atomic E-state index is 0.598. The Kier molecular flexibility index (Phi) is 4.45. The first-order chi connectivity index (χ1) is 11.6. The van der Waals surface area contributed by atoms with Gasteiger partial charge in [0, 0.05) is 85.3 Å². The Morgan fingerprint density at radius 2 is 2.00 bits per heavy atom. The fraction of sp³-hybridized carbons (Fsp3) is 0.611. The molecule has 0 radical (unpaired) electrons. The van der Waals surface area contributed by atoms with Gasteiger partial charge in [-0.05, 0) is 31.2 Å². The maximum atomic E-state index is 11.5. The molecule has 0 unspecified atom stereocenters. The summed E-state index contributed by atoms with van der Waals surface area (Å²) in [5, 5.41) is 1.33. The lowest BCUT2D eigenvalue weighted by atomic mass is 10.1. The van der Waals surface area contributed by atoms with Crippen molar-refractivity contribution < 1.29 is 4.21 Å². The second kappa shape index (κ2) is 6.58. The Morgan fingerprint density at radius 3 is 2.79 bits per heavy atom. The lowest BCUT2D eigenvalue weighted by Gasteiger charge is -2.27. The summed E-state index contributed by atoms with van der Waals surface area (Å²) in [6.07, 6.45) is 3.09. The maximum Gasteiger partial charge on any atom is 0.140 e. The average Bonchev–Trinajstić information content (AvgIpc) is 2.87. The highest BCUT2D eigenvalue weighted by molar-refractivity contribution is 7.85. The fourth-order valence-electron chi connectivity index (χ4n) is 3.93. The van der Waals surface area contributed by atoms with Gasteiger partial charge in [0.05, 0.1) is 0 Å². The van der Waals surface area contributed by atoms with Gasteiger partial charge in [-0.25, -0.2) is 4.98 Å². The zero-order valence-corrected chi connectivity index (χ0v) is 15.4. The first-order valence-electron chi connectivity index (χ1n) is 8.84. The van der Waals surface area contributed by atoms with Crippen molar-refractivity contribution in [2.24, 2.45) is 0 Å². The highest BCUT2D eigenvalue weighted by atomic mass is 32.2. The average molecular weight is 347 g/mol. The van der Waals surface area contributed by atoms with E-state index >= 15 is 0 Å². The molecule has 0 amide bonds. The van der Waals surface area contributed by atoms with E-state index in [1.54, 1.807) is 0 Å². The van der Waals surface area contributed by atoms with Crippen molar-refractivity contribution in [2.45, 2.75) is 26.4 Å². The Hall–Kier alpha value is -1.24. The molecule has 4 rings (SSSR count). The number of likely N-dealkylation sites (N-methyl/N-ethyl adjacent to an activating group) is 1. The van der Waals surface area contributed by atoms with Crippen LogP contribution in [0.2, 0.25) is 0 Å². The van der Waals surface area contributed by atoms with Crippen LogP contribution in [0.25, 0.3) is 11.0 Å². The smallest absolute Gasteiger partial charge is 0.140 e. The maximum absolute atomic E-state index is 11.5. The van der Waals surface area contributed by atoms with E-state index in [0.717, 1.165) is 62.8 Å². The van der Waals surface area contributed by atoms with Crippen molar-refractivity contribution in [3.8, 4) is 0 Å². The first-order valence-corrected chi connectivity index (χ1v) is 10.3. The van der Waals surface area contributed by atoms with Crippen LogP contribution in [-0.2, 0) is 30.3 Å². The molecule has 2 aliphatic heterocycles. The van der Waals surface area contributed by atoms with Crippen molar-refractivity contribution in [2.75, 3.05) is 44.7 Å². The molecule has 24 heavy (non-hydrogen) atoms. The van der Waals surface area contributed by atoms with Crippen LogP contribution in [0, 0.1) is 6.92 Å². The molecule has 0 saturated carbocycles. The molecule has 130 valence electrons. The van der Waals surface area contributed by atoms with Crippen LogP contribution < -0.4 is 0 Å². The number of aromatic nitrogens is 2. The van der Waals surface area contributed by atoms with Crippen molar-refractivity contribution in [1.82, 2.24) is 19.4 Å². The van der Waals surface area contributed by atoms with Gasteiger partial charge < -0.3 is 9.47 Å². The molecule has 0 N–H and O–H groups in total. The van der Waals surface area contributed by atoms with Gasteiger partial charge in [0.2, 0.25) is 0 Å². The van der Waals surface area contributed by atoms with E-state index in [4.69, 9.17) is 4.98 Å². The number of hydrogen-bond donors (Lipinski definition) is 0. The normalized spacial score (nSPS) is 20.6. The van der Waals surface area contributed by atoms with Crippen molar-refractivity contribution in [3.63, 3.8) is 0 Å². The molecule has 0 spiro atoms. The molecule has 2 aromatic heterocycles. The SMILES string of the molecule is Cc1cnc2c(c1)c1c(n2CCN2CCS(=O)CC2)CCN(C)C1. The van der Waals surface area contributed by atoms with Crippen LogP contribution in [0.1, 0.15) is 16.8 Å². The molecule has 1 saturated heterocycles. The number of rotatable bonds is 3. The van der Waals surface area contributed by atoms with Crippen LogP contribution in [0.5, 0.6) is 0 Å². The summed E-state index contributed by atoms with van der Waals surface area (Å²) in [5.74, 6) is 1.65. The molecule has 0 atom stereocenters. The zero-order chi connectivity index (χ0) is 16.7. The highest BCUT2D eigenvalue weighted by Crippen LogP contribution is 2.30. The van der Waals surface area contributed by atoms with E-state index in [1.807, 2.05) is 6.20 Å². The highest BCUT2D eigenvalue weighted by Gasteiger charge is 2.24. The molecule has 4 heterocycles. The van der Waals surface area contributed by atoms with Crippen molar-refractivity contribution >= 4 is 21.8 Å².